The van der Waals surface area contributed by atoms with E-state index in [9.17, 15) is 10.2 Å². The van der Waals surface area contributed by atoms with Gasteiger partial charge < -0.3 is 24.8 Å². The maximum atomic E-state index is 9.99. The monoisotopic (exact) mass is 286 g/mol. The number of ether oxygens (including phenoxy) is 2. The SMILES string of the molecule is CC1(C)[C@H]2CC[C@]1(C)[C@H](O[C@@H]1O[C@@H](CO)[C@H](O)[C@H]1O)C2. The molecule has 0 unspecified atom stereocenters. The Hall–Kier alpha value is -0.200. The molecule has 2 aliphatic carbocycles. The van der Waals surface area contributed by atoms with Crippen LogP contribution < -0.4 is 0 Å². The van der Waals surface area contributed by atoms with Gasteiger partial charge in [-0.05, 0) is 36.0 Å². The van der Waals surface area contributed by atoms with Crippen molar-refractivity contribution in [1.82, 2.24) is 0 Å². The third kappa shape index (κ3) is 1.80. The lowest BCUT2D eigenvalue weighted by molar-refractivity contribution is -0.216. The highest BCUT2D eigenvalue weighted by Gasteiger charge is 2.63. The van der Waals surface area contributed by atoms with Crippen LogP contribution in [0.5, 0.6) is 0 Å². The van der Waals surface area contributed by atoms with E-state index in [1.54, 1.807) is 0 Å². The largest absolute Gasteiger partial charge is 0.394 e. The van der Waals surface area contributed by atoms with Gasteiger partial charge in [0.05, 0.1) is 12.7 Å². The van der Waals surface area contributed by atoms with Gasteiger partial charge in [-0.2, -0.15) is 0 Å². The Labute approximate surface area is 119 Å². The summed E-state index contributed by atoms with van der Waals surface area (Å²) >= 11 is 0. The normalized spacial score (nSPS) is 53.7. The molecule has 3 aliphatic rings. The highest BCUT2D eigenvalue weighted by atomic mass is 16.7. The van der Waals surface area contributed by atoms with Crippen LogP contribution in [0, 0.1) is 16.7 Å². The lowest BCUT2D eigenvalue weighted by atomic mass is 9.70. The summed E-state index contributed by atoms with van der Waals surface area (Å²) in [6, 6.07) is 0. The first-order valence-electron chi connectivity index (χ1n) is 7.59. The fourth-order valence-corrected chi connectivity index (χ4v) is 4.48. The summed E-state index contributed by atoms with van der Waals surface area (Å²) in [4.78, 5) is 0. The molecule has 2 bridgehead atoms. The van der Waals surface area contributed by atoms with Gasteiger partial charge in [-0.15, -0.1) is 0 Å². The molecule has 0 spiro atoms. The first-order chi connectivity index (χ1) is 9.31. The first-order valence-corrected chi connectivity index (χ1v) is 7.59. The van der Waals surface area contributed by atoms with Crippen LogP contribution in [-0.2, 0) is 9.47 Å². The maximum Gasteiger partial charge on any atom is 0.186 e. The standard InChI is InChI=1S/C15H26O5/c1-14(2)8-4-5-15(14,3)10(6-8)20-13-12(18)11(17)9(7-16)19-13/h8-13,16-18H,4-7H2,1-3H3/t8-,9-,10+,11-,12+,13-,15+/m0/s1. The van der Waals surface area contributed by atoms with Crippen LogP contribution in [0.3, 0.4) is 0 Å². The van der Waals surface area contributed by atoms with Crippen LogP contribution in [0.25, 0.3) is 0 Å². The van der Waals surface area contributed by atoms with Crippen molar-refractivity contribution in [2.24, 2.45) is 16.7 Å². The Morgan fingerprint density at radius 3 is 2.35 bits per heavy atom. The first kappa shape index (κ1) is 14.7. The molecule has 0 amide bonds. The molecule has 20 heavy (non-hydrogen) atoms. The van der Waals surface area contributed by atoms with Gasteiger partial charge in [0.15, 0.2) is 6.29 Å². The second-order valence-electron chi connectivity index (χ2n) is 7.44. The van der Waals surface area contributed by atoms with E-state index in [0.29, 0.717) is 5.92 Å². The summed E-state index contributed by atoms with van der Waals surface area (Å²) in [5, 5.41) is 28.9. The van der Waals surface area contributed by atoms with Crippen molar-refractivity contribution in [1.29, 1.82) is 0 Å². The van der Waals surface area contributed by atoms with E-state index in [2.05, 4.69) is 20.8 Å². The molecule has 2 saturated carbocycles. The number of rotatable bonds is 3. The molecule has 0 aromatic rings. The van der Waals surface area contributed by atoms with Crippen LogP contribution in [0.4, 0.5) is 0 Å². The highest BCUT2D eigenvalue weighted by molar-refractivity contribution is 5.11. The van der Waals surface area contributed by atoms with Gasteiger partial charge in [-0.1, -0.05) is 20.8 Å². The molecular weight excluding hydrogens is 260 g/mol. The predicted octanol–water partition coefficient (Wildman–Crippen LogP) is 0.657. The van der Waals surface area contributed by atoms with Crippen LogP contribution >= 0.6 is 0 Å². The van der Waals surface area contributed by atoms with E-state index < -0.39 is 24.6 Å². The number of hydrogen-bond donors (Lipinski definition) is 3. The lowest BCUT2D eigenvalue weighted by Crippen LogP contribution is -2.42. The van der Waals surface area contributed by atoms with Crippen molar-refractivity contribution in [3.8, 4) is 0 Å². The predicted molar refractivity (Wildman–Crippen MR) is 71.9 cm³/mol. The smallest absolute Gasteiger partial charge is 0.186 e. The molecule has 1 heterocycles. The zero-order chi connectivity index (χ0) is 14.7. The molecule has 0 aromatic heterocycles. The number of fused-ring (bicyclic) bond motifs is 2. The van der Waals surface area contributed by atoms with Crippen molar-refractivity contribution in [2.75, 3.05) is 6.61 Å². The van der Waals surface area contributed by atoms with Crippen molar-refractivity contribution in [2.45, 2.75) is 70.7 Å². The van der Waals surface area contributed by atoms with Crippen molar-refractivity contribution in [3.63, 3.8) is 0 Å². The Bertz CT molecular complexity index is 384. The van der Waals surface area contributed by atoms with Crippen LogP contribution in [0.15, 0.2) is 0 Å². The van der Waals surface area contributed by atoms with Gasteiger partial charge in [0.25, 0.3) is 0 Å². The average Bonchev–Trinajstić information content (AvgIpc) is 2.87. The number of aliphatic hydroxyl groups is 3. The Morgan fingerprint density at radius 1 is 1.20 bits per heavy atom. The van der Waals surface area contributed by atoms with E-state index >= 15 is 0 Å². The molecule has 0 aromatic carbocycles. The zero-order valence-corrected chi connectivity index (χ0v) is 12.5. The van der Waals surface area contributed by atoms with E-state index in [4.69, 9.17) is 14.6 Å². The molecule has 3 fully saturated rings. The Morgan fingerprint density at radius 2 is 1.90 bits per heavy atom. The number of aliphatic hydroxyl groups excluding tert-OH is 3. The molecule has 1 aliphatic heterocycles. The summed E-state index contributed by atoms with van der Waals surface area (Å²) in [7, 11) is 0. The van der Waals surface area contributed by atoms with E-state index in [-0.39, 0.29) is 23.5 Å². The lowest BCUT2D eigenvalue weighted by Gasteiger charge is -2.40. The summed E-state index contributed by atoms with van der Waals surface area (Å²) in [5.41, 5.74) is 0.319. The Balaban J connectivity index is 1.71. The Kier molecular flexibility index (Phi) is 3.42. The molecule has 3 N–H and O–H groups in total. The molecule has 116 valence electrons. The fraction of sp³-hybridized carbons (Fsp3) is 1.00. The van der Waals surface area contributed by atoms with Gasteiger partial charge in [0.2, 0.25) is 0 Å². The summed E-state index contributed by atoms with van der Waals surface area (Å²) in [5.74, 6) is 0.648. The fourth-order valence-electron chi connectivity index (χ4n) is 4.48. The van der Waals surface area contributed by atoms with E-state index in [0.717, 1.165) is 12.8 Å². The van der Waals surface area contributed by atoms with Crippen LogP contribution in [0.2, 0.25) is 0 Å². The van der Waals surface area contributed by atoms with Gasteiger partial charge >= 0.3 is 0 Å². The van der Waals surface area contributed by atoms with Crippen LogP contribution in [0.1, 0.15) is 40.0 Å². The van der Waals surface area contributed by atoms with E-state index in [1.807, 2.05) is 0 Å². The minimum absolute atomic E-state index is 0.0422. The van der Waals surface area contributed by atoms with E-state index in [1.165, 1.54) is 6.42 Å². The third-order valence-electron chi connectivity index (χ3n) is 6.51. The molecular formula is C15H26O5. The topological polar surface area (TPSA) is 79.2 Å². The zero-order valence-electron chi connectivity index (χ0n) is 12.5. The quantitative estimate of drug-likeness (QED) is 0.710. The minimum atomic E-state index is -1.09. The van der Waals surface area contributed by atoms with Gasteiger partial charge in [-0.25, -0.2) is 0 Å². The molecule has 1 saturated heterocycles. The molecule has 5 heteroatoms. The summed E-state index contributed by atoms with van der Waals surface area (Å²) in [6.45, 7) is 6.54. The van der Waals surface area contributed by atoms with Gasteiger partial charge in [0, 0.05) is 0 Å². The molecule has 5 nitrogen and oxygen atoms in total. The van der Waals surface area contributed by atoms with Gasteiger partial charge in [-0.3, -0.25) is 0 Å². The average molecular weight is 286 g/mol. The number of hydrogen-bond acceptors (Lipinski definition) is 5. The van der Waals surface area contributed by atoms with Crippen molar-refractivity contribution in [3.05, 3.63) is 0 Å². The molecule has 3 rings (SSSR count). The second-order valence-corrected chi connectivity index (χ2v) is 7.44. The van der Waals surface area contributed by atoms with Crippen molar-refractivity contribution >= 4 is 0 Å². The van der Waals surface area contributed by atoms with Crippen molar-refractivity contribution < 1.29 is 24.8 Å². The van der Waals surface area contributed by atoms with Gasteiger partial charge in [0.1, 0.15) is 18.3 Å². The van der Waals surface area contributed by atoms with Crippen LogP contribution in [-0.4, -0.2) is 52.6 Å². The second kappa shape index (κ2) is 4.65. The maximum absolute atomic E-state index is 9.99. The molecule has 0 radical (unpaired) electrons. The third-order valence-corrected chi connectivity index (χ3v) is 6.51. The summed E-state index contributed by atoms with van der Waals surface area (Å²) < 4.78 is 11.5. The molecule has 7 atom stereocenters. The summed E-state index contributed by atoms with van der Waals surface area (Å²) in [6.07, 6.45) is -0.365. The highest BCUT2D eigenvalue weighted by Crippen LogP contribution is 2.66. The minimum Gasteiger partial charge on any atom is -0.394 e.